The molecule has 8 heteroatoms. The third-order valence-corrected chi connectivity index (χ3v) is 8.67. The van der Waals surface area contributed by atoms with Gasteiger partial charge in [-0.2, -0.15) is 0 Å². The number of thiocarbonyl (C=S) groups is 1. The zero-order chi connectivity index (χ0) is 27.1. The zero-order valence-corrected chi connectivity index (χ0v) is 24.2. The van der Waals surface area contributed by atoms with Crippen molar-refractivity contribution in [1.29, 1.82) is 0 Å². The molecule has 4 aromatic rings. The number of pyridine rings is 1. The van der Waals surface area contributed by atoms with E-state index in [1.807, 2.05) is 54.6 Å². The van der Waals surface area contributed by atoms with Crippen LogP contribution in [0.3, 0.4) is 0 Å². The molecule has 0 spiro atoms. The van der Waals surface area contributed by atoms with Crippen LogP contribution in [0.2, 0.25) is 10.0 Å². The van der Waals surface area contributed by atoms with Crippen molar-refractivity contribution in [3.05, 3.63) is 100.0 Å². The van der Waals surface area contributed by atoms with Gasteiger partial charge >= 0.3 is 0 Å². The van der Waals surface area contributed by atoms with Crippen molar-refractivity contribution in [1.82, 2.24) is 10.3 Å². The van der Waals surface area contributed by atoms with Gasteiger partial charge in [0.25, 0.3) is 0 Å². The molecule has 0 amide bonds. The number of furan rings is 1. The average Bonchev–Trinajstić information content (AvgIpc) is 3.56. The Bertz CT molecular complexity index is 1500. The van der Waals surface area contributed by atoms with Gasteiger partial charge in [0.1, 0.15) is 17.6 Å². The van der Waals surface area contributed by atoms with Gasteiger partial charge in [-0.3, -0.25) is 4.98 Å². The molecular formula is C31H30Cl2N4OS. The number of halogens is 2. The first kappa shape index (κ1) is 26.2. The first-order chi connectivity index (χ1) is 18.9. The lowest BCUT2D eigenvalue weighted by molar-refractivity contribution is 0.438. The molecule has 2 unspecified atom stereocenters. The third-order valence-electron chi connectivity index (χ3n) is 7.82. The Labute approximate surface area is 244 Å². The highest BCUT2D eigenvalue weighted by molar-refractivity contribution is 7.80. The Morgan fingerprint density at radius 1 is 1.00 bits per heavy atom. The Hall–Kier alpha value is -3.06. The molecule has 1 N–H and O–H groups in total. The van der Waals surface area contributed by atoms with Crippen LogP contribution < -0.4 is 15.1 Å². The van der Waals surface area contributed by atoms with Crippen LogP contribution in [0.15, 0.2) is 77.3 Å². The van der Waals surface area contributed by atoms with Gasteiger partial charge in [0.2, 0.25) is 0 Å². The number of piperidine rings is 1. The van der Waals surface area contributed by atoms with E-state index in [9.17, 15) is 0 Å². The normalized spacial score (nSPS) is 19.9. The van der Waals surface area contributed by atoms with Crippen LogP contribution in [0.25, 0.3) is 11.3 Å². The molecule has 2 aromatic heterocycles. The molecule has 2 aliphatic heterocycles. The summed E-state index contributed by atoms with van der Waals surface area (Å²) in [6.45, 7) is 6.41. The minimum absolute atomic E-state index is 0.208. The lowest BCUT2D eigenvalue weighted by atomic mass is 9.98. The predicted octanol–water partition coefficient (Wildman–Crippen LogP) is 8.37. The predicted molar refractivity (Wildman–Crippen MR) is 164 cm³/mol. The van der Waals surface area contributed by atoms with Crippen molar-refractivity contribution < 1.29 is 4.42 Å². The van der Waals surface area contributed by atoms with Gasteiger partial charge < -0.3 is 19.5 Å². The molecule has 2 fully saturated rings. The second-order valence-corrected chi connectivity index (χ2v) is 11.7. The molecule has 200 valence electrons. The van der Waals surface area contributed by atoms with Gasteiger partial charge in [-0.15, -0.1) is 0 Å². The van der Waals surface area contributed by atoms with Gasteiger partial charge in [-0.1, -0.05) is 42.3 Å². The Morgan fingerprint density at radius 3 is 2.56 bits per heavy atom. The van der Waals surface area contributed by atoms with E-state index in [1.165, 1.54) is 12.8 Å². The summed E-state index contributed by atoms with van der Waals surface area (Å²) in [6.07, 6.45) is 4.16. The van der Waals surface area contributed by atoms with Crippen LogP contribution in [0.5, 0.6) is 0 Å². The highest BCUT2D eigenvalue weighted by Crippen LogP contribution is 2.44. The van der Waals surface area contributed by atoms with Crippen molar-refractivity contribution in [3.63, 3.8) is 0 Å². The first-order valence-electron chi connectivity index (χ1n) is 13.3. The van der Waals surface area contributed by atoms with E-state index in [0.717, 1.165) is 63.7 Å². The third kappa shape index (κ3) is 5.13. The van der Waals surface area contributed by atoms with Crippen molar-refractivity contribution in [2.24, 2.45) is 5.92 Å². The van der Waals surface area contributed by atoms with Crippen molar-refractivity contribution in [2.45, 2.75) is 38.8 Å². The number of nitrogens with one attached hydrogen (secondary N) is 1. The van der Waals surface area contributed by atoms with E-state index in [2.05, 4.69) is 46.1 Å². The largest absolute Gasteiger partial charge is 0.459 e. The number of anilines is 2. The number of rotatable bonds is 5. The summed E-state index contributed by atoms with van der Waals surface area (Å²) in [5.74, 6) is 2.29. The van der Waals surface area contributed by atoms with Gasteiger partial charge in [0, 0.05) is 35.6 Å². The maximum atomic E-state index is 6.91. The van der Waals surface area contributed by atoms with Crippen LogP contribution in [0, 0.1) is 12.8 Å². The summed E-state index contributed by atoms with van der Waals surface area (Å²) in [6, 6.07) is 21.5. The van der Waals surface area contributed by atoms with Crippen LogP contribution >= 0.6 is 35.4 Å². The smallest absolute Gasteiger partial charge is 0.174 e. The topological polar surface area (TPSA) is 44.5 Å². The van der Waals surface area contributed by atoms with Crippen molar-refractivity contribution >= 4 is 51.9 Å². The zero-order valence-electron chi connectivity index (χ0n) is 21.9. The SMILES string of the molecule is Cc1ccc(Cl)cc1-c1ccc(C2C(c3ccccn3)NC(=S)N2c2ccc(N3CCC(C)CC3)c(Cl)c2)o1. The van der Waals surface area contributed by atoms with Crippen LogP contribution in [0.4, 0.5) is 11.4 Å². The molecule has 0 aliphatic carbocycles. The van der Waals surface area contributed by atoms with Crippen LogP contribution in [-0.2, 0) is 0 Å². The number of nitrogens with zero attached hydrogens (tertiary/aromatic N) is 3. The van der Waals surface area contributed by atoms with E-state index in [0.29, 0.717) is 10.1 Å². The Kier molecular flexibility index (Phi) is 7.27. The molecule has 5 nitrogen and oxygen atoms in total. The fourth-order valence-electron chi connectivity index (χ4n) is 5.59. The highest BCUT2D eigenvalue weighted by Gasteiger charge is 2.43. The maximum absolute atomic E-state index is 6.91. The number of aryl methyl sites for hydroxylation is 1. The van der Waals surface area contributed by atoms with E-state index in [-0.39, 0.29) is 12.1 Å². The van der Waals surface area contributed by atoms with Crippen molar-refractivity contribution in [3.8, 4) is 11.3 Å². The van der Waals surface area contributed by atoms with Gasteiger partial charge in [0.05, 0.1) is 22.4 Å². The second kappa shape index (κ2) is 10.8. The van der Waals surface area contributed by atoms with E-state index >= 15 is 0 Å². The quantitative estimate of drug-likeness (QED) is 0.241. The first-order valence-corrected chi connectivity index (χ1v) is 14.5. The fourth-order valence-corrected chi connectivity index (χ4v) is 6.40. The molecular weight excluding hydrogens is 547 g/mol. The molecule has 2 atom stereocenters. The van der Waals surface area contributed by atoms with Crippen LogP contribution in [0.1, 0.15) is 48.9 Å². The van der Waals surface area contributed by atoms with Gasteiger partial charge in [0.15, 0.2) is 5.11 Å². The molecule has 4 heterocycles. The Morgan fingerprint density at radius 2 is 1.82 bits per heavy atom. The monoisotopic (exact) mass is 576 g/mol. The highest BCUT2D eigenvalue weighted by atomic mass is 35.5. The molecule has 0 radical (unpaired) electrons. The van der Waals surface area contributed by atoms with E-state index in [1.54, 1.807) is 6.20 Å². The summed E-state index contributed by atoms with van der Waals surface area (Å²) in [4.78, 5) is 9.12. The summed E-state index contributed by atoms with van der Waals surface area (Å²) in [7, 11) is 0. The average molecular weight is 578 g/mol. The number of hydrogen-bond donors (Lipinski definition) is 1. The second-order valence-electron chi connectivity index (χ2n) is 10.5. The Balaban J connectivity index is 1.39. The number of aromatic nitrogens is 1. The van der Waals surface area contributed by atoms with Gasteiger partial charge in [-0.05, 0) is 98.1 Å². The summed E-state index contributed by atoms with van der Waals surface area (Å²) in [5, 5.41) is 5.49. The molecule has 0 bridgehead atoms. The van der Waals surface area contributed by atoms with Gasteiger partial charge in [-0.25, -0.2) is 0 Å². The molecule has 39 heavy (non-hydrogen) atoms. The molecule has 6 rings (SSSR count). The summed E-state index contributed by atoms with van der Waals surface area (Å²) < 4.78 is 6.53. The minimum Gasteiger partial charge on any atom is -0.459 e. The summed E-state index contributed by atoms with van der Waals surface area (Å²) in [5.41, 5.74) is 4.92. The van der Waals surface area contributed by atoms with Crippen LogP contribution in [-0.4, -0.2) is 23.2 Å². The lowest BCUT2D eigenvalue weighted by Gasteiger charge is -2.33. The lowest BCUT2D eigenvalue weighted by Crippen LogP contribution is -2.33. The number of hydrogen-bond acceptors (Lipinski definition) is 4. The molecule has 2 aromatic carbocycles. The molecule has 2 saturated heterocycles. The molecule has 0 saturated carbocycles. The standard InChI is InChI=1S/C31H30Cl2N4OS/c1-19-12-15-36(16-13-19)26-9-8-22(18-24(26)33)37-30(29(35-31(37)39)25-5-3-4-14-34-25)28-11-10-27(38-28)23-17-21(32)7-6-20(23)2/h3-11,14,17-19,29-30H,12-13,15-16H2,1-2H3,(H,35,39). The fraction of sp³-hybridized carbons (Fsp3) is 0.290. The minimum atomic E-state index is -0.265. The van der Waals surface area contributed by atoms with E-state index in [4.69, 9.17) is 39.8 Å². The maximum Gasteiger partial charge on any atom is 0.174 e. The van der Waals surface area contributed by atoms with Crippen molar-refractivity contribution in [2.75, 3.05) is 22.9 Å². The number of benzene rings is 2. The van der Waals surface area contributed by atoms with E-state index < -0.39 is 0 Å². The summed E-state index contributed by atoms with van der Waals surface area (Å²) >= 11 is 19.1. The molecule has 2 aliphatic rings.